The number of amides is 1. The van der Waals surface area contributed by atoms with Gasteiger partial charge >= 0.3 is 0 Å². The zero-order valence-corrected chi connectivity index (χ0v) is 13.2. The fraction of sp³-hybridized carbons (Fsp3) is 0.154. The lowest BCUT2D eigenvalue weighted by Crippen LogP contribution is -2.03. The van der Waals surface area contributed by atoms with E-state index in [1.54, 1.807) is 11.8 Å². The Hall–Kier alpha value is -0.520. The van der Waals surface area contributed by atoms with Crippen LogP contribution in [-0.4, -0.2) is 10.1 Å². The molecule has 0 saturated carbocycles. The van der Waals surface area contributed by atoms with E-state index in [2.05, 4.69) is 43.3 Å². The molecule has 1 aromatic rings. The molecule has 18 heavy (non-hydrogen) atoms. The van der Waals surface area contributed by atoms with Crippen LogP contribution in [0.15, 0.2) is 39.7 Å². The summed E-state index contributed by atoms with van der Waals surface area (Å²) in [7, 11) is 0. The van der Waals surface area contributed by atoms with Gasteiger partial charge in [0, 0.05) is 14.9 Å². The second kappa shape index (κ2) is 4.87. The molecule has 1 N–H and O–H groups in total. The molecule has 5 heteroatoms. The minimum absolute atomic E-state index is 0.0253. The smallest absolute Gasteiger partial charge is 0.256 e. The molecule has 92 valence electrons. The lowest BCUT2D eigenvalue weighted by Gasteiger charge is -2.00. The molecule has 3 rings (SSSR count). The first-order chi connectivity index (χ1) is 8.63. The van der Waals surface area contributed by atoms with Crippen molar-refractivity contribution >= 4 is 60.8 Å². The normalized spacial score (nSPS) is 24.1. The number of carbonyl (C=O) groups excluding carboxylic acids is 1. The van der Waals surface area contributed by atoms with Gasteiger partial charge in [0.05, 0.1) is 15.4 Å². The van der Waals surface area contributed by atoms with Crippen LogP contribution >= 0.6 is 43.6 Å². The van der Waals surface area contributed by atoms with Gasteiger partial charge in [-0.05, 0) is 24.6 Å². The standard InChI is InChI=1S/C13H9Br2NOS/c14-7-1-3-9-10(13(17)16-11(9)5-7)6-8-2-4-12(15)18-8/h1-3,5-6,12H,4H2,(H,16,17)/b10-6-. The third kappa shape index (κ3) is 2.31. The van der Waals surface area contributed by atoms with Crippen molar-refractivity contribution < 1.29 is 4.79 Å². The van der Waals surface area contributed by atoms with Crippen LogP contribution in [0, 0.1) is 0 Å². The van der Waals surface area contributed by atoms with E-state index in [1.807, 2.05) is 24.3 Å². The first kappa shape index (κ1) is 12.5. The number of allylic oxidation sites excluding steroid dienone is 2. The summed E-state index contributed by atoms with van der Waals surface area (Å²) in [5.74, 6) is -0.0253. The van der Waals surface area contributed by atoms with Crippen LogP contribution in [0.4, 0.5) is 5.69 Å². The fourth-order valence-corrected chi connectivity index (χ4v) is 4.06. The molecule has 1 unspecified atom stereocenters. The zero-order valence-electron chi connectivity index (χ0n) is 9.24. The van der Waals surface area contributed by atoms with Crippen LogP contribution in [0.2, 0.25) is 0 Å². The minimum atomic E-state index is -0.0253. The molecule has 0 radical (unpaired) electrons. The largest absolute Gasteiger partial charge is 0.321 e. The molecule has 0 saturated heterocycles. The van der Waals surface area contributed by atoms with Gasteiger partial charge in [0.25, 0.3) is 5.91 Å². The molecule has 2 aliphatic heterocycles. The van der Waals surface area contributed by atoms with Crippen molar-refractivity contribution in [2.45, 2.75) is 10.6 Å². The molecule has 0 aromatic heterocycles. The number of nitrogens with one attached hydrogen (secondary N) is 1. The molecule has 1 aromatic carbocycles. The molecule has 0 fully saturated rings. The summed E-state index contributed by atoms with van der Waals surface area (Å²) in [5, 5.41) is 2.89. The predicted octanol–water partition coefficient (Wildman–Crippen LogP) is 4.53. The molecule has 1 atom stereocenters. The highest BCUT2D eigenvalue weighted by Crippen LogP contribution is 2.40. The first-order valence-electron chi connectivity index (χ1n) is 5.47. The molecular formula is C13H9Br2NOS. The van der Waals surface area contributed by atoms with Gasteiger partial charge in [0.1, 0.15) is 0 Å². The first-order valence-corrected chi connectivity index (χ1v) is 8.06. The van der Waals surface area contributed by atoms with Gasteiger partial charge < -0.3 is 5.32 Å². The number of benzene rings is 1. The van der Waals surface area contributed by atoms with Gasteiger partial charge in [-0.1, -0.05) is 44.0 Å². The van der Waals surface area contributed by atoms with E-state index < -0.39 is 0 Å². The maximum absolute atomic E-state index is 12.0. The summed E-state index contributed by atoms with van der Waals surface area (Å²) in [4.78, 5) is 13.1. The number of hydrogen-bond acceptors (Lipinski definition) is 2. The van der Waals surface area contributed by atoms with E-state index in [-0.39, 0.29) is 5.91 Å². The second-order valence-electron chi connectivity index (χ2n) is 4.07. The van der Waals surface area contributed by atoms with Gasteiger partial charge in [-0.15, -0.1) is 11.8 Å². The predicted molar refractivity (Wildman–Crippen MR) is 83.8 cm³/mol. The third-order valence-corrected chi connectivity index (χ3v) is 5.25. The number of anilines is 1. The van der Waals surface area contributed by atoms with Crippen LogP contribution in [0.1, 0.15) is 12.0 Å². The summed E-state index contributed by atoms with van der Waals surface area (Å²) < 4.78 is 1.40. The van der Waals surface area contributed by atoms with Gasteiger partial charge in [-0.3, -0.25) is 4.79 Å². The maximum Gasteiger partial charge on any atom is 0.256 e. The molecule has 0 aliphatic carbocycles. The van der Waals surface area contributed by atoms with Crippen LogP contribution < -0.4 is 5.32 Å². The number of rotatable bonds is 1. The van der Waals surface area contributed by atoms with Gasteiger partial charge in [0.2, 0.25) is 0 Å². The quantitative estimate of drug-likeness (QED) is 0.567. The lowest BCUT2D eigenvalue weighted by atomic mass is 10.1. The summed E-state index contributed by atoms with van der Waals surface area (Å²) in [6.07, 6.45) is 5.13. The van der Waals surface area contributed by atoms with Crippen LogP contribution in [0.3, 0.4) is 0 Å². The number of halogens is 2. The highest BCUT2D eigenvalue weighted by molar-refractivity contribution is 9.11. The zero-order chi connectivity index (χ0) is 12.7. The number of hydrogen-bond donors (Lipinski definition) is 1. The summed E-state index contributed by atoms with van der Waals surface area (Å²) in [6.45, 7) is 0. The summed E-state index contributed by atoms with van der Waals surface area (Å²) in [5.41, 5.74) is 2.60. The van der Waals surface area contributed by atoms with Crippen LogP contribution in [0.5, 0.6) is 0 Å². The van der Waals surface area contributed by atoms with Gasteiger partial charge in [-0.2, -0.15) is 0 Å². The number of fused-ring (bicyclic) bond motifs is 1. The van der Waals surface area contributed by atoms with E-state index in [1.165, 1.54) is 0 Å². The van der Waals surface area contributed by atoms with Crippen molar-refractivity contribution in [1.29, 1.82) is 0 Å². The van der Waals surface area contributed by atoms with E-state index in [0.717, 1.165) is 32.6 Å². The number of carbonyl (C=O) groups is 1. The van der Waals surface area contributed by atoms with Crippen molar-refractivity contribution in [2.75, 3.05) is 5.32 Å². The van der Waals surface area contributed by atoms with E-state index >= 15 is 0 Å². The molecule has 2 nitrogen and oxygen atoms in total. The SMILES string of the molecule is O=C1Nc2cc(Br)ccc2/C1=C/C1=CCC(Br)S1. The van der Waals surface area contributed by atoms with Crippen LogP contribution in [-0.2, 0) is 4.79 Å². The Morgan fingerprint density at radius 2 is 2.28 bits per heavy atom. The third-order valence-electron chi connectivity index (χ3n) is 2.82. The highest BCUT2D eigenvalue weighted by atomic mass is 79.9. The van der Waals surface area contributed by atoms with E-state index in [9.17, 15) is 4.79 Å². The van der Waals surface area contributed by atoms with Crippen molar-refractivity contribution in [3.05, 3.63) is 45.3 Å². The molecule has 0 bridgehead atoms. The van der Waals surface area contributed by atoms with E-state index in [4.69, 9.17) is 0 Å². The van der Waals surface area contributed by atoms with Crippen molar-refractivity contribution in [3.63, 3.8) is 0 Å². The molecule has 0 spiro atoms. The summed E-state index contributed by atoms with van der Waals surface area (Å²) >= 11 is 8.71. The Bertz CT molecular complexity index is 595. The molecule has 2 heterocycles. The Kier molecular flexibility index (Phi) is 3.38. The Labute approximate surface area is 126 Å². The average Bonchev–Trinajstić information content (AvgIpc) is 2.84. The summed E-state index contributed by atoms with van der Waals surface area (Å²) in [6, 6.07) is 5.85. The lowest BCUT2D eigenvalue weighted by molar-refractivity contribution is -0.110. The van der Waals surface area contributed by atoms with Crippen molar-refractivity contribution in [2.24, 2.45) is 0 Å². The van der Waals surface area contributed by atoms with Gasteiger partial charge in [0.15, 0.2) is 0 Å². The molecular weight excluding hydrogens is 378 g/mol. The monoisotopic (exact) mass is 385 g/mol. The number of thioether (sulfide) groups is 1. The van der Waals surface area contributed by atoms with Crippen LogP contribution in [0.25, 0.3) is 5.57 Å². The fourth-order valence-electron chi connectivity index (χ4n) is 2.00. The maximum atomic E-state index is 12.0. The van der Waals surface area contributed by atoms with Crippen molar-refractivity contribution in [1.82, 2.24) is 0 Å². The number of alkyl halides is 1. The topological polar surface area (TPSA) is 29.1 Å². The van der Waals surface area contributed by atoms with Crippen molar-refractivity contribution in [3.8, 4) is 0 Å². The Morgan fingerprint density at radius 3 is 3.00 bits per heavy atom. The molecule has 1 amide bonds. The second-order valence-corrected chi connectivity index (χ2v) is 7.98. The Balaban J connectivity index is 1.99. The average molecular weight is 387 g/mol. The Morgan fingerprint density at radius 1 is 1.44 bits per heavy atom. The molecule has 2 aliphatic rings. The minimum Gasteiger partial charge on any atom is -0.321 e. The highest BCUT2D eigenvalue weighted by Gasteiger charge is 2.25. The van der Waals surface area contributed by atoms with E-state index in [0.29, 0.717) is 4.16 Å². The van der Waals surface area contributed by atoms with Gasteiger partial charge in [-0.25, -0.2) is 0 Å².